The summed E-state index contributed by atoms with van der Waals surface area (Å²) in [4.78, 5) is 12.5. The molecular formula is C19H31ClN2O2. The molecule has 0 aliphatic heterocycles. The first-order chi connectivity index (χ1) is 10.8. The van der Waals surface area contributed by atoms with Crippen molar-refractivity contribution in [2.75, 3.05) is 13.2 Å². The molecule has 0 radical (unpaired) electrons. The molecule has 2 rings (SSSR count). The van der Waals surface area contributed by atoms with Gasteiger partial charge in [-0.25, -0.2) is 0 Å². The molecule has 1 aromatic rings. The summed E-state index contributed by atoms with van der Waals surface area (Å²) in [7, 11) is 0. The van der Waals surface area contributed by atoms with Crippen LogP contribution in [0, 0.1) is 11.8 Å². The number of hydrogen-bond donors (Lipinski definition) is 2. The van der Waals surface area contributed by atoms with Gasteiger partial charge in [-0.05, 0) is 56.2 Å². The van der Waals surface area contributed by atoms with Crippen LogP contribution in [0.3, 0.4) is 0 Å². The Balaban J connectivity index is 0.00000288. The average molecular weight is 355 g/mol. The van der Waals surface area contributed by atoms with Gasteiger partial charge in [0.05, 0.1) is 12.0 Å². The molecule has 3 N–H and O–H groups in total. The highest BCUT2D eigenvalue weighted by atomic mass is 35.5. The zero-order valence-corrected chi connectivity index (χ0v) is 16.0. The molecule has 1 aromatic carbocycles. The monoisotopic (exact) mass is 354 g/mol. The summed E-state index contributed by atoms with van der Waals surface area (Å²) < 4.78 is 5.69. The summed E-state index contributed by atoms with van der Waals surface area (Å²) in [5, 5.41) is 3.00. The number of amides is 1. The van der Waals surface area contributed by atoms with Crippen LogP contribution < -0.4 is 15.8 Å². The normalized spacial score (nSPS) is 15.6. The molecule has 0 bridgehead atoms. The van der Waals surface area contributed by atoms with Crippen molar-refractivity contribution in [3.8, 4) is 5.75 Å². The van der Waals surface area contributed by atoms with E-state index >= 15 is 0 Å². The highest BCUT2D eigenvalue weighted by Crippen LogP contribution is 2.31. The lowest BCUT2D eigenvalue weighted by Crippen LogP contribution is -2.45. The zero-order chi connectivity index (χ0) is 17.0. The smallest absolute Gasteiger partial charge is 0.230 e. The zero-order valence-electron chi connectivity index (χ0n) is 15.2. The Morgan fingerprint density at radius 3 is 2.38 bits per heavy atom. The summed E-state index contributed by atoms with van der Waals surface area (Å²) in [5.74, 6) is 1.95. The maximum absolute atomic E-state index is 12.5. The van der Waals surface area contributed by atoms with Gasteiger partial charge >= 0.3 is 0 Å². The maximum atomic E-state index is 12.5. The summed E-state index contributed by atoms with van der Waals surface area (Å²) in [6.07, 6.45) is 2.39. The second kappa shape index (κ2) is 8.72. The topological polar surface area (TPSA) is 64.3 Å². The van der Waals surface area contributed by atoms with Gasteiger partial charge in [-0.2, -0.15) is 0 Å². The van der Waals surface area contributed by atoms with Crippen LogP contribution in [0.25, 0.3) is 0 Å². The Bertz CT molecular complexity index is 525. The highest BCUT2D eigenvalue weighted by Gasteiger charge is 2.32. The van der Waals surface area contributed by atoms with Crippen molar-refractivity contribution in [2.24, 2.45) is 17.6 Å². The number of carbonyl (C=O) groups is 1. The summed E-state index contributed by atoms with van der Waals surface area (Å²) in [5.41, 5.74) is 6.45. The van der Waals surface area contributed by atoms with E-state index in [2.05, 4.69) is 19.2 Å². The van der Waals surface area contributed by atoms with E-state index < -0.39 is 5.41 Å². The molecule has 1 aliphatic carbocycles. The van der Waals surface area contributed by atoms with Gasteiger partial charge in [-0.3, -0.25) is 4.79 Å². The Morgan fingerprint density at radius 1 is 1.29 bits per heavy atom. The largest absolute Gasteiger partial charge is 0.493 e. The van der Waals surface area contributed by atoms with Crippen LogP contribution in [-0.2, 0) is 10.2 Å². The van der Waals surface area contributed by atoms with Crippen molar-refractivity contribution in [3.63, 3.8) is 0 Å². The minimum absolute atomic E-state index is 0. The molecule has 0 aromatic heterocycles. The van der Waals surface area contributed by atoms with Crippen molar-refractivity contribution in [2.45, 2.75) is 52.0 Å². The maximum Gasteiger partial charge on any atom is 0.230 e. The molecule has 1 unspecified atom stereocenters. The Morgan fingerprint density at radius 2 is 1.88 bits per heavy atom. The fourth-order valence-corrected chi connectivity index (χ4v) is 2.48. The summed E-state index contributed by atoms with van der Waals surface area (Å²) >= 11 is 0. The fraction of sp³-hybridized carbons (Fsp3) is 0.632. The Hall–Kier alpha value is -1.26. The van der Waals surface area contributed by atoms with E-state index in [0.717, 1.165) is 11.3 Å². The number of carbonyl (C=O) groups excluding carboxylic acids is 1. The van der Waals surface area contributed by atoms with Gasteiger partial charge in [0.25, 0.3) is 0 Å². The van der Waals surface area contributed by atoms with Crippen molar-refractivity contribution in [3.05, 3.63) is 29.8 Å². The van der Waals surface area contributed by atoms with Crippen LogP contribution in [0.15, 0.2) is 24.3 Å². The van der Waals surface area contributed by atoms with Crippen LogP contribution in [-0.4, -0.2) is 25.1 Å². The molecule has 136 valence electrons. The number of ether oxygens (including phenoxy) is 1. The van der Waals surface area contributed by atoms with Crippen LogP contribution in [0.1, 0.15) is 46.1 Å². The van der Waals surface area contributed by atoms with Gasteiger partial charge in [0, 0.05) is 12.6 Å². The highest BCUT2D eigenvalue weighted by molar-refractivity contribution is 5.87. The van der Waals surface area contributed by atoms with Gasteiger partial charge in [0.15, 0.2) is 0 Å². The van der Waals surface area contributed by atoms with E-state index in [1.54, 1.807) is 0 Å². The lowest BCUT2D eigenvalue weighted by Gasteiger charge is -2.25. The van der Waals surface area contributed by atoms with Crippen LogP contribution in [0.2, 0.25) is 0 Å². The quantitative estimate of drug-likeness (QED) is 0.753. The predicted molar refractivity (Wildman–Crippen MR) is 101 cm³/mol. The van der Waals surface area contributed by atoms with Crippen molar-refractivity contribution in [1.82, 2.24) is 5.32 Å². The average Bonchev–Trinajstić information content (AvgIpc) is 3.35. The minimum Gasteiger partial charge on any atom is -0.493 e. The van der Waals surface area contributed by atoms with Crippen LogP contribution in [0.4, 0.5) is 0 Å². The van der Waals surface area contributed by atoms with Crippen LogP contribution >= 0.6 is 12.4 Å². The fourth-order valence-electron chi connectivity index (χ4n) is 2.48. The summed E-state index contributed by atoms with van der Waals surface area (Å²) in [6, 6.07) is 7.89. The Labute approximate surface area is 151 Å². The second-order valence-corrected chi connectivity index (χ2v) is 7.57. The molecule has 1 amide bonds. The SMILES string of the molecule is CC(C)COc1ccc(C(C)(C)C(=O)NCC(N)C2CC2)cc1.Cl. The molecule has 1 aliphatic rings. The van der Waals surface area contributed by atoms with E-state index in [9.17, 15) is 4.79 Å². The number of hydrogen-bond acceptors (Lipinski definition) is 3. The Kier molecular flexibility index (Phi) is 7.56. The predicted octanol–water partition coefficient (Wildman–Crippen LogP) is 3.27. The number of nitrogens with one attached hydrogen (secondary N) is 1. The molecule has 1 saturated carbocycles. The molecule has 5 heteroatoms. The van der Waals surface area contributed by atoms with Gasteiger partial charge in [0.1, 0.15) is 5.75 Å². The standard InChI is InChI=1S/C19H30N2O2.ClH/c1-13(2)12-23-16-9-7-15(8-10-16)19(3,4)18(22)21-11-17(20)14-5-6-14;/h7-10,13-14,17H,5-6,11-12,20H2,1-4H3,(H,21,22);1H. The van der Waals surface area contributed by atoms with E-state index in [4.69, 9.17) is 10.5 Å². The van der Waals surface area contributed by atoms with Crippen molar-refractivity contribution < 1.29 is 9.53 Å². The van der Waals surface area contributed by atoms with E-state index in [0.29, 0.717) is 25.0 Å². The van der Waals surface area contributed by atoms with Gasteiger partial charge in [0.2, 0.25) is 5.91 Å². The number of nitrogens with two attached hydrogens (primary N) is 1. The summed E-state index contributed by atoms with van der Waals surface area (Å²) in [6.45, 7) is 9.37. The molecule has 1 atom stereocenters. The van der Waals surface area contributed by atoms with Gasteiger partial charge in [-0.1, -0.05) is 26.0 Å². The van der Waals surface area contributed by atoms with Crippen molar-refractivity contribution >= 4 is 18.3 Å². The van der Waals surface area contributed by atoms with E-state index in [-0.39, 0.29) is 24.4 Å². The molecular weight excluding hydrogens is 324 g/mol. The lowest BCUT2D eigenvalue weighted by atomic mass is 9.83. The first kappa shape index (κ1) is 20.8. The third-order valence-corrected chi connectivity index (χ3v) is 4.45. The molecule has 4 nitrogen and oxygen atoms in total. The third kappa shape index (κ3) is 5.67. The minimum atomic E-state index is -0.583. The third-order valence-electron chi connectivity index (χ3n) is 4.45. The second-order valence-electron chi connectivity index (χ2n) is 7.57. The first-order valence-corrected chi connectivity index (χ1v) is 8.58. The number of halogens is 1. The first-order valence-electron chi connectivity index (χ1n) is 8.58. The molecule has 1 fully saturated rings. The van der Waals surface area contributed by atoms with E-state index in [1.807, 2.05) is 38.1 Å². The van der Waals surface area contributed by atoms with Gasteiger partial charge in [-0.15, -0.1) is 12.4 Å². The van der Waals surface area contributed by atoms with E-state index in [1.165, 1.54) is 12.8 Å². The molecule has 0 saturated heterocycles. The van der Waals surface area contributed by atoms with Crippen LogP contribution in [0.5, 0.6) is 5.75 Å². The lowest BCUT2D eigenvalue weighted by molar-refractivity contribution is -0.125. The number of rotatable bonds is 8. The molecule has 24 heavy (non-hydrogen) atoms. The van der Waals surface area contributed by atoms with Gasteiger partial charge < -0.3 is 15.8 Å². The molecule has 0 spiro atoms. The number of benzene rings is 1. The van der Waals surface area contributed by atoms with Crippen molar-refractivity contribution in [1.29, 1.82) is 0 Å². The molecule has 0 heterocycles.